The zero-order valence-corrected chi connectivity index (χ0v) is 22.5. The summed E-state index contributed by atoms with van der Waals surface area (Å²) in [4.78, 5) is 15.9. The minimum atomic E-state index is -0.369. The highest BCUT2D eigenvalue weighted by molar-refractivity contribution is 6.30. The number of amides is 2. The number of carbonyl (C=O) groups is 1. The summed E-state index contributed by atoms with van der Waals surface area (Å²) in [5.41, 5.74) is 5.49. The van der Waals surface area contributed by atoms with E-state index < -0.39 is 0 Å². The van der Waals surface area contributed by atoms with Gasteiger partial charge in [-0.3, -0.25) is 0 Å². The van der Waals surface area contributed by atoms with Crippen molar-refractivity contribution in [2.75, 3.05) is 12.4 Å². The predicted octanol–water partition coefficient (Wildman–Crippen LogP) is 7.02. The number of benzene rings is 3. The number of fused-ring (bicyclic) bond motifs is 3. The number of carbonyl (C=O) groups excluding carboxylic acids is 1. The molecule has 0 radical (unpaired) electrons. The fourth-order valence-electron chi connectivity index (χ4n) is 5.25. The van der Waals surface area contributed by atoms with Gasteiger partial charge in [0.2, 0.25) is 0 Å². The molecular weight excluding hydrogens is 510 g/mol. The Morgan fingerprint density at radius 1 is 1.03 bits per heavy atom. The number of aryl methyl sites for hydroxylation is 1. The maximum atomic E-state index is 14.1. The third-order valence-corrected chi connectivity index (χ3v) is 7.31. The number of para-hydroxylation sites is 1. The first-order valence-corrected chi connectivity index (χ1v) is 13.3. The third-order valence-electron chi connectivity index (χ3n) is 7.07. The van der Waals surface area contributed by atoms with Crippen molar-refractivity contribution in [2.24, 2.45) is 0 Å². The lowest BCUT2D eigenvalue weighted by Gasteiger charge is -2.31. The fraction of sp³-hybridized carbons (Fsp3) is 0.161. The topological polar surface area (TPSA) is 64.3 Å². The van der Waals surface area contributed by atoms with Gasteiger partial charge in [0.1, 0.15) is 11.6 Å². The summed E-state index contributed by atoms with van der Waals surface area (Å²) in [6.45, 7) is 2.47. The molecule has 1 aliphatic rings. The van der Waals surface area contributed by atoms with Crippen LogP contribution in [0.25, 0.3) is 11.5 Å². The largest absolute Gasteiger partial charge is 0.497 e. The van der Waals surface area contributed by atoms with Crippen molar-refractivity contribution in [2.45, 2.75) is 25.9 Å². The molecule has 1 aliphatic heterocycles. The van der Waals surface area contributed by atoms with Gasteiger partial charge in [0, 0.05) is 22.5 Å². The van der Waals surface area contributed by atoms with Gasteiger partial charge in [-0.1, -0.05) is 54.9 Å². The molecule has 3 aromatic carbocycles. The van der Waals surface area contributed by atoms with Crippen LogP contribution < -0.4 is 10.1 Å². The Kier molecular flexibility index (Phi) is 6.59. The number of hydrogen-bond donors (Lipinski definition) is 1. The van der Waals surface area contributed by atoms with Gasteiger partial charge in [0.25, 0.3) is 0 Å². The van der Waals surface area contributed by atoms with E-state index in [0.717, 1.165) is 46.2 Å². The van der Waals surface area contributed by atoms with Crippen LogP contribution in [0.3, 0.4) is 0 Å². The number of aromatic nitrogens is 3. The average Bonchev–Trinajstić information content (AvgIpc) is 3.55. The summed E-state index contributed by atoms with van der Waals surface area (Å²) >= 11 is 6.22. The van der Waals surface area contributed by atoms with Crippen LogP contribution in [0.5, 0.6) is 5.75 Å². The summed E-state index contributed by atoms with van der Waals surface area (Å²) in [6.07, 6.45) is 2.78. The van der Waals surface area contributed by atoms with E-state index in [1.54, 1.807) is 19.2 Å². The molecule has 0 saturated heterocycles. The number of methoxy groups -OCH3 is 1. The molecule has 3 heterocycles. The zero-order chi connectivity index (χ0) is 26.9. The third kappa shape index (κ3) is 4.55. The number of nitrogens with zero attached hydrogens (tertiary/aromatic N) is 4. The molecule has 1 N–H and O–H groups in total. The van der Waals surface area contributed by atoms with E-state index in [1.807, 2.05) is 88.6 Å². The van der Waals surface area contributed by atoms with Crippen LogP contribution in [0.4, 0.5) is 10.5 Å². The molecule has 0 aliphatic carbocycles. The lowest BCUT2D eigenvalue weighted by Crippen LogP contribution is -2.38. The summed E-state index contributed by atoms with van der Waals surface area (Å²) in [5.74, 6) is 1.70. The van der Waals surface area contributed by atoms with Crippen LogP contribution in [0.15, 0.2) is 97.2 Å². The predicted molar refractivity (Wildman–Crippen MR) is 153 cm³/mol. The molecule has 8 heteroatoms. The molecule has 5 aromatic rings. The van der Waals surface area contributed by atoms with Crippen molar-refractivity contribution < 1.29 is 9.53 Å². The van der Waals surface area contributed by atoms with Crippen molar-refractivity contribution in [3.63, 3.8) is 0 Å². The van der Waals surface area contributed by atoms with Crippen LogP contribution in [-0.2, 0) is 13.0 Å². The molecular formula is C31H28ClN5O2. The quantitative estimate of drug-likeness (QED) is 0.262. The number of urea groups is 1. The van der Waals surface area contributed by atoms with E-state index in [2.05, 4.69) is 22.9 Å². The Morgan fingerprint density at radius 3 is 2.54 bits per heavy atom. The van der Waals surface area contributed by atoms with Gasteiger partial charge in [-0.15, -0.1) is 0 Å². The number of rotatable bonds is 5. The van der Waals surface area contributed by atoms with Gasteiger partial charge in [-0.05, 0) is 66.6 Å². The molecule has 196 valence electrons. The van der Waals surface area contributed by atoms with Crippen molar-refractivity contribution in [1.82, 2.24) is 19.2 Å². The molecule has 39 heavy (non-hydrogen) atoms. The lowest BCUT2D eigenvalue weighted by molar-refractivity contribution is 0.194. The number of nitrogens with one attached hydrogen (secondary N) is 1. The summed E-state index contributed by atoms with van der Waals surface area (Å²) in [6, 6.07) is 28.7. The molecule has 0 bridgehead atoms. The number of anilines is 1. The first kappa shape index (κ1) is 24.8. The molecule has 0 saturated carbocycles. The van der Waals surface area contributed by atoms with Crippen LogP contribution >= 0.6 is 11.6 Å². The second-order valence-electron chi connectivity index (χ2n) is 9.40. The van der Waals surface area contributed by atoms with Gasteiger partial charge in [-0.2, -0.15) is 5.10 Å². The zero-order valence-electron chi connectivity index (χ0n) is 21.7. The number of halogens is 1. The molecule has 0 spiro atoms. The highest BCUT2D eigenvalue weighted by Gasteiger charge is 2.36. The van der Waals surface area contributed by atoms with E-state index >= 15 is 0 Å². The van der Waals surface area contributed by atoms with E-state index in [9.17, 15) is 4.79 Å². The highest BCUT2D eigenvalue weighted by atomic mass is 35.5. The molecule has 2 aromatic heterocycles. The standard InChI is InChI=1S/C31H28ClN5O2/c1-3-27-26-20-36(31(38)33-23-10-7-9-22(32)19-23)29(21-14-16-25(39-2)17-15-21)28-13-8-18-35(28)30(26)37(34-27)24-11-5-4-6-12-24/h4-19,29H,3,20H2,1-2H3,(H,33,38). The summed E-state index contributed by atoms with van der Waals surface area (Å²) < 4.78 is 9.56. The lowest BCUT2D eigenvalue weighted by atomic mass is 10.0. The summed E-state index contributed by atoms with van der Waals surface area (Å²) in [5, 5.41) is 8.65. The van der Waals surface area contributed by atoms with Crippen molar-refractivity contribution in [1.29, 1.82) is 0 Å². The maximum Gasteiger partial charge on any atom is 0.322 e. The van der Waals surface area contributed by atoms with E-state index in [0.29, 0.717) is 17.3 Å². The van der Waals surface area contributed by atoms with Gasteiger partial charge < -0.3 is 19.5 Å². The van der Waals surface area contributed by atoms with Gasteiger partial charge in [0.05, 0.1) is 36.8 Å². The smallest absolute Gasteiger partial charge is 0.322 e. The number of hydrogen-bond acceptors (Lipinski definition) is 3. The Bertz CT molecular complexity index is 1620. The van der Waals surface area contributed by atoms with Crippen molar-refractivity contribution in [3.8, 4) is 17.3 Å². The molecule has 1 atom stereocenters. The van der Waals surface area contributed by atoms with Crippen LogP contribution in [-0.4, -0.2) is 32.4 Å². The highest BCUT2D eigenvalue weighted by Crippen LogP contribution is 2.39. The SMILES string of the molecule is CCc1nn(-c2ccccc2)c2c1CN(C(=O)Nc1cccc(Cl)c1)C(c1ccc(OC)cc1)c1cccn1-2. The average molecular weight is 538 g/mol. The Morgan fingerprint density at radius 2 is 1.82 bits per heavy atom. The molecule has 6 rings (SSSR count). The van der Waals surface area contributed by atoms with E-state index in [1.165, 1.54) is 0 Å². The minimum absolute atomic E-state index is 0.229. The maximum absolute atomic E-state index is 14.1. The molecule has 2 amide bonds. The Labute approximate surface area is 232 Å². The molecule has 0 fully saturated rings. The van der Waals surface area contributed by atoms with Gasteiger partial charge in [-0.25, -0.2) is 9.48 Å². The monoisotopic (exact) mass is 537 g/mol. The van der Waals surface area contributed by atoms with Crippen LogP contribution in [0.2, 0.25) is 5.02 Å². The van der Waals surface area contributed by atoms with E-state index in [4.69, 9.17) is 21.4 Å². The van der Waals surface area contributed by atoms with Crippen LogP contribution in [0, 0.1) is 0 Å². The number of ether oxygens (including phenoxy) is 1. The van der Waals surface area contributed by atoms with E-state index in [-0.39, 0.29) is 12.1 Å². The molecule has 7 nitrogen and oxygen atoms in total. The van der Waals surface area contributed by atoms with Crippen molar-refractivity contribution in [3.05, 3.63) is 125 Å². The second kappa shape index (κ2) is 10.3. The Hall–Kier alpha value is -4.49. The van der Waals surface area contributed by atoms with Crippen LogP contribution in [0.1, 0.15) is 35.5 Å². The second-order valence-corrected chi connectivity index (χ2v) is 9.83. The van der Waals surface area contributed by atoms with Crippen molar-refractivity contribution >= 4 is 23.3 Å². The van der Waals surface area contributed by atoms with Gasteiger partial charge in [0.15, 0.2) is 0 Å². The first-order chi connectivity index (χ1) is 19.1. The van der Waals surface area contributed by atoms with Gasteiger partial charge >= 0.3 is 6.03 Å². The fourth-order valence-corrected chi connectivity index (χ4v) is 5.44. The first-order valence-electron chi connectivity index (χ1n) is 12.9. The summed E-state index contributed by atoms with van der Waals surface area (Å²) in [7, 11) is 1.65. The Balaban J connectivity index is 1.54. The minimum Gasteiger partial charge on any atom is -0.497 e. The molecule has 1 unspecified atom stereocenters. The normalized spacial score (nSPS) is 14.3.